The average Bonchev–Trinajstić information content (AvgIpc) is 3.27. The van der Waals surface area contributed by atoms with Crippen molar-refractivity contribution in [1.82, 2.24) is 10.3 Å². The second-order valence-electron chi connectivity index (χ2n) is 8.52. The summed E-state index contributed by atoms with van der Waals surface area (Å²) in [5.41, 5.74) is 1.44. The van der Waals surface area contributed by atoms with Crippen molar-refractivity contribution >= 4 is 20.0 Å². The molecule has 0 radical (unpaired) electrons. The smallest absolute Gasteiger partial charge is 0.316 e. The monoisotopic (exact) mass is 498 g/mol. The highest BCUT2D eigenvalue weighted by molar-refractivity contribution is 7.99. The lowest BCUT2D eigenvalue weighted by atomic mass is 9.75. The molecule has 3 rings (SSSR count). The van der Waals surface area contributed by atoms with Gasteiger partial charge in [0.1, 0.15) is 11.6 Å². The number of rotatable bonds is 14. The predicted molar refractivity (Wildman–Crippen MR) is 129 cm³/mol. The molecule has 0 saturated heterocycles. The quantitative estimate of drug-likeness (QED) is 0.189. The fourth-order valence-electron chi connectivity index (χ4n) is 4.58. The van der Waals surface area contributed by atoms with E-state index < -0.39 is 8.25 Å². The molecule has 5 nitrogen and oxygen atoms in total. The van der Waals surface area contributed by atoms with Crippen LogP contribution in [0.1, 0.15) is 62.6 Å². The number of benzene rings is 1. The Labute approximate surface area is 199 Å². The Hall–Kier alpha value is -1.31. The normalized spacial score (nSPS) is 16.2. The first-order valence-electron chi connectivity index (χ1n) is 11.6. The van der Waals surface area contributed by atoms with Crippen molar-refractivity contribution < 1.29 is 22.8 Å². The summed E-state index contributed by atoms with van der Waals surface area (Å²) in [5.74, 6) is 0.442. The lowest BCUT2D eigenvalue weighted by Gasteiger charge is -2.30. The van der Waals surface area contributed by atoms with Gasteiger partial charge < -0.3 is 14.7 Å². The molecule has 0 amide bonds. The van der Waals surface area contributed by atoms with Gasteiger partial charge in [0.2, 0.25) is 0 Å². The Kier molecular flexibility index (Phi) is 10.8. The molecule has 33 heavy (non-hydrogen) atoms. The van der Waals surface area contributed by atoms with Crippen LogP contribution < -0.4 is 5.32 Å². The minimum absolute atomic E-state index is 0.0419. The van der Waals surface area contributed by atoms with E-state index in [4.69, 9.17) is 4.89 Å². The number of thioether (sulfide) groups is 1. The summed E-state index contributed by atoms with van der Waals surface area (Å²) in [4.78, 5) is 13.5. The molecular weight excluding hydrogens is 465 g/mol. The Morgan fingerprint density at radius 3 is 2.67 bits per heavy atom. The van der Waals surface area contributed by atoms with Crippen LogP contribution in [0.4, 0.5) is 8.78 Å². The van der Waals surface area contributed by atoms with Gasteiger partial charge in [0.05, 0.1) is 17.2 Å². The maximum absolute atomic E-state index is 14.4. The van der Waals surface area contributed by atoms with Gasteiger partial charge in [-0.15, -0.1) is 11.8 Å². The maximum atomic E-state index is 14.4. The molecule has 1 saturated carbocycles. The van der Waals surface area contributed by atoms with Crippen LogP contribution in [0.15, 0.2) is 41.4 Å². The Morgan fingerprint density at radius 2 is 1.94 bits per heavy atom. The van der Waals surface area contributed by atoms with Gasteiger partial charge in [-0.1, -0.05) is 37.5 Å². The molecule has 1 heterocycles. The van der Waals surface area contributed by atoms with Crippen LogP contribution in [0.2, 0.25) is 0 Å². The van der Waals surface area contributed by atoms with Crippen molar-refractivity contribution in [2.75, 3.05) is 18.9 Å². The molecule has 0 aliphatic heterocycles. The molecule has 1 aromatic heterocycles. The summed E-state index contributed by atoms with van der Waals surface area (Å²) in [6, 6.07) is 8.64. The fourth-order valence-corrected chi connectivity index (χ4v) is 5.79. The Bertz CT molecular complexity index is 913. The number of nitrogens with one attached hydrogen (secondary N) is 1. The zero-order valence-corrected chi connectivity index (χ0v) is 20.6. The fraction of sp³-hybridized carbons (Fsp3) is 0.542. The number of aromatic nitrogens is 1. The summed E-state index contributed by atoms with van der Waals surface area (Å²) in [5, 5.41) is 3.11. The van der Waals surface area contributed by atoms with Crippen LogP contribution in [-0.4, -0.2) is 28.8 Å². The van der Waals surface area contributed by atoms with Gasteiger partial charge in [0, 0.05) is 12.7 Å². The van der Waals surface area contributed by atoms with E-state index in [1.165, 1.54) is 17.8 Å². The van der Waals surface area contributed by atoms with Crippen LogP contribution in [0.25, 0.3) is 0 Å². The number of unbranched alkanes of at least 4 members (excludes halogenated alkanes) is 1. The zero-order valence-electron chi connectivity index (χ0n) is 18.8. The van der Waals surface area contributed by atoms with E-state index in [1.54, 1.807) is 18.3 Å². The number of halogens is 2. The highest BCUT2D eigenvalue weighted by Gasteiger charge is 2.36. The van der Waals surface area contributed by atoms with Crippen molar-refractivity contribution in [2.24, 2.45) is 0 Å². The summed E-state index contributed by atoms with van der Waals surface area (Å²) in [7, 11) is -2.87. The van der Waals surface area contributed by atoms with E-state index in [2.05, 4.69) is 14.8 Å². The maximum Gasteiger partial charge on any atom is 0.316 e. The van der Waals surface area contributed by atoms with Gasteiger partial charge in [-0.3, -0.25) is 9.55 Å². The average molecular weight is 499 g/mol. The number of hydrogen-bond donors (Lipinski definition) is 2. The predicted octanol–water partition coefficient (Wildman–Crippen LogP) is 6.01. The minimum Gasteiger partial charge on any atom is -0.326 e. The van der Waals surface area contributed by atoms with Crippen molar-refractivity contribution in [1.29, 1.82) is 0 Å². The molecule has 1 unspecified atom stereocenters. The second-order valence-corrected chi connectivity index (χ2v) is 10.5. The molecule has 1 atom stereocenters. The number of nitrogens with zero attached hydrogens (tertiary/aromatic N) is 1. The van der Waals surface area contributed by atoms with Gasteiger partial charge in [0.25, 0.3) is 0 Å². The third-order valence-electron chi connectivity index (χ3n) is 6.22. The van der Waals surface area contributed by atoms with Gasteiger partial charge >= 0.3 is 8.25 Å². The van der Waals surface area contributed by atoms with Crippen LogP contribution >= 0.6 is 20.0 Å². The van der Waals surface area contributed by atoms with E-state index in [9.17, 15) is 13.3 Å². The van der Waals surface area contributed by atoms with Crippen molar-refractivity contribution in [2.45, 2.75) is 68.2 Å². The van der Waals surface area contributed by atoms with Crippen molar-refractivity contribution in [3.05, 3.63) is 59.4 Å². The lowest BCUT2D eigenvalue weighted by Crippen LogP contribution is -2.23. The van der Waals surface area contributed by atoms with Gasteiger partial charge in [-0.2, -0.15) is 0 Å². The first-order valence-corrected chi connectivity index (χ1v) is 13.8. The third-order valence-corrected chi connectivity index (χ3v) is 7.77. The molecule has 9 heteroatoms. The number of hydrogen-bond acceptors (Lipinski definition) is 5. The topological polar surface area (TPSA) is 71.5 Å². The molecule has 0 spiro atoms. The largest absolute Gasteiger partial charge is 0.326 e. The second kappa shape index (κ2) is 13.5. The molecule has 0 bridgehead atoms. The Morgan fingerprint density at radius 1 is 1.15 bits per heavy atom. The first kappa shape index (κ1) is 26.3. The molecular formula is C24H33F2N2O3PS. The van der Waals surface area contributed by atoms with Crippen LogP contribution in [0, 0.1) is 11.6 Å². The number of pyridine rings is 1. The molecule has 2 aromatic rings. The summed E-state index contributed by atoms with van der Waals surface area (Å²) in [6.45, 7) is 1.22. The van der Waals surface area contributed by atoms with E-state index in [-0.39, 0.29) is 23.7 Å². The summed E-state index contributed by atoms with van der Waals surface area (Å²) in [6.07, 6.45) is 9.48. The molecule has 1 aliphatic carbocycles. The van der Waals surface area contributed by atoms with Gasteiger partial charge in [-0.05, 0) is 67.5 Å². The van der Waals surface area contributed by atoms with Crippen LogP contribution in [0.3, 0.4) is 0 Å². The lowest BCUT2D eigenvalue weighted by molar-refractivity contribution is 0.276. The third kappa shape index (κ3) is 8.15. The Balaban J connectivity index is 1.39. The zero-order chi connectivity index (χ0) is 23.5. The van der Waals surface area contributed by atoms with Crippen LogP contribution in [0.5, 0.6) is 0 Å². The van der Waals surface area contributed by atoms with Gasteiger partial charge in [0.15, 0.2) is 0 Å². The molecule has 1 aliphatic rings. The molecule has 182 valence electrons. The van der Waals surface area contributed by atoms with E-state index in [0.717, 1.165) is 56.3 Å². The van der Waals surface area contributed by atoms with Gasteiger partial charge in [-0.25, -0.2) is 8.78 Å². The molecule has 2 N–H and O–H groups in total. The minimum atomic E-state index is -2.87. The highest BCUT2D eigenvalue weighted by Crippen LogP contribution is 2.45. The van der Waals surface area contributed by atoms with E-state index in [0.29, 0.717) is 30.1 Å². The van der Waals surface area contributed by atoms with Crippen LogP contribution in [-0.2, 0) is 21.0 Å². The van der Waals surface area contributed by atoms with Crippen molar-refractivity contribution in [3.8, 4) is 0 Å². The summed E-state index contributed by atoms with van der Waals surface area (Å²) < 4.78 is 43.9. The molecule has 1 aromatic carbocycles. The summed E-state index contributed by atoms with van der Waals surface area (Å²) >= 11 is 1.47. The van der Waals surface area contributed by atoms with E-state index in [1.807, 2.05) is 12.1 Å². The standard InChI is InChI=1S/C24H33F2N2O3PS/c25-21-9-2-1-8-20(21)24(10-3-4-11-24)12-5-6-15-33-23-18-28-19(16-22(23)26)17-27-13-7-14-31-32(29)30/h1-2,8-9,16,18,27,32H,3-7,10-15,17H2,(H,29,30). The van der Waals surface area contributed by atoms with Crippen molar-refractivity contribution in [3.63, 3.8) is 0 Å². The van der Waals surface area contributed by atoms with E-state index >= 15 is 0 Å². The molecule has 1 fully saturated rings. The SMILES string of the molecule is O=[PH](O)OCCCNCc1cc(F)c(SCCCCC2(c3ccccc3F)CCCC2)cn1. The highest BCUT2D eigenvalue weighted by atomic mass is 32.2. The first-order chi connectivity index (χ1) is 16.0.